The highest BCUT2D eigenvalue weighted by Crippen LogP contribution is 2.28. The van der Waals surface area contributed by atoms with Crippen molar-refractivity contribution in [1.82, 2.24) is 4.98 Å². The number of hydrogen-bond donors (Lipinski definition) is 1. The van der Waals surface area contributed by atoms with Crippen molar-refractivity contribution in [3.63, 3.8) is 0 Å². The Morgan fingerprint density at radius 2 is 2.05 bits per heavy atom. The number of rotatable bonds is 3. The van der Waals surface area contributed by atoms with Crippen LogP contribution >= 0.6 is 31.9 Å². The molecule has 0 atom stereocenters. The van der Waals surface area contributed by atoms with E-state index in [1.807, 2.05) is 31.2 Å². The molecule has 2 heterocycles. The summed E-state index contributed by atoms with van der Waals surface area (Å²) < 4.78 is 7.19. The first-order valence-electron chi connectivity index (χ1n) is 6.17. The van der Waals surface area contributed by atoms with Gasteiger partial charge in [-0.3, -0.25) is 4.98 Å². The van der Waals surface area contributed by atoms with Crippen LogP contribution in [0, 0.1) is 6.92 Å². The highest BCUT2D eigenvalue weighted by Gasteiger charge is 2.07. The lowest BCUT2D eigenvalue weighted by atomic mass is 10.1. The number of anilines is 1. The zero-order valence-electron chi connectivity index (χ0n) is 10.8. The second-order valence-corrected chi connectivity index (χ2v) is 6.09. The third kappa shape index (κ3) is 2.74. The van der Waals surface area contributed by atoms with Crippen molar-refractivity contribution in [3.8, 4) is 0 Å². The third-order valence-corrected chi connectivity index (χ3v) is 4.72. The van der Waals surface area contributed by atoms with E-state index in [0.29, 0.717) is 11.2 Å². The molecule has 20 heavy (non-hydrogen) atoms. The molecule has 0 fully saturated rings. The number of pyridine rings is 1. The van der Waals surface area contributed by atoms with Crippen LogP contribution in [0.3, 0.4) is 0 Å². The second-order valence-electron chi connectivity index (χ2n) is 4.52. The molecule has 0 bridgehead atoms. The molecule has 0 aliphatic rings. The molecule has 0 amide bonds. The van der Waals surface area contributed by atoms with Crippen LogP contribution in [0.4, 0.5) is 5.69 Å². The summed E-state index contributed by atoms with van der Waals surface area (Å²) in [6, 6.07) is 12.2. The Morgan fingerprint density at radius 3 is 2.80 bits per heavy atom. The molecule has 5 heteroatoms. The quantitative estimate of drug-likeness (QED) is 0.656. The van der Waals surface area contributed by atoms with E-state index in [2.05, 4.69) is 54.3 Å². The van der Waals surface area contributed by atoms with Gasteiger partial charge in [-0.15, -0.1) is 0 Å². The van der Waals surface area contributed by atoms with Crippen molar-refractivity contribution < 1.29 is 4.42 Å². The van der Waals surface area contributed by atoms with Crippen LogP contribution in [-0.2, 0) is 6.54 Å². The molecule has 2 aromatic heterocycles. The Balaban J connectivity index is 1.89. The fraction of sp³-hybridized carbons (Fsp3) is 0.133. The van der Waals surface area contributed by atoms with Crippen molar-refractivity contribution in [1.29, 1.82) is 0 Å². The van der Waals surface area contributed by atoms with Gasteiger partial charge >= 0.3 is 0 Å². The fourth-order valence-electron chi connectivity index (χ4n) is 2.05. The van der Waals surface area contributed by atoms with E-state index in [1.54, 1.807) is 0 Å². The number of halogens is 2. The van der Waals surface area contributed by atoms with Crippen LogP contribution < -0.4 is 5.32 Å². The number of aryl methyl sites for hydroxylation is 1. The first kappa shape index (κ1) is 13.6. The number of furan rings is 1. The number of hydrogen-bond acceptors (Lipinski definition) is 3. The second kappa shape index (κ2) is 5.58. The van der Waals surface area contributed by atoms with Crippen molar-refractivity contribution in [2.24, 2.45) is 0 Å². The zero-order chi connectivity index (χ0) is 14.1. The summed E-state index contributed by atoms with van der Waals surface area (Å²) in [5.41, 5.74) is 3.00. The van der Waals surface area contributed by atoms with E-state index in [0.717, 1.165) is 32.5 Å². The van der Waals surface area contributed by atoms with Gasteiger partial charge in [-0.25, -0.2) is 0 Å². The average Bonchev–Trinajstić information content (AvgIpc) is 2.75. The Morgan fingerprint density at radius 1 is 1.20 bits per heavy atom. The number of benzene rings is 1. The minimum Gasteiger partial charge on any atom is -0.451 e. The molecule has 0 aliphatic heterocycles. The predicted octanol–water partition coefficient (Wildman–Crippen LogP) is 5.27. The van der Waals surface area contributed by atoms with Gasteiger partial charge < -0.3 is 9.73 Å². The highest BCUT2D eigenvalue weighted by molar-refractivity contribution is 9.13. The molecule has 3 rings (SSSR count). The monoisotopic (exact) mass is 394 g/mol. The van der Waals surface area contributed by atoms with Gasteiger partial charge in [-0.1, -0.05) is 18.2 Å². The van der Waals surface area contributed by atoms with Gasteiger partial charge in [0.2, 0.25) is 0 Å². The lowest BCUT2D eigenvalue weighted by Gasteiger charge is -2.08. The van der Waals surface area contributed by atoms with Crippen LogP contribution in [0.5, 0.6) is 0 Å². The van der Waals surface area contributed by atoms with Crippen LogP contribution in [0.1, 0.15) is 11.5 Å². The van der Waals surface area contributed by atoms with Crippen LogP contribution in [-0.4, -0.2) is 4.98 Å². The molecule has 0 unspecified atom stereocenters. The van der Waals surface area contributed by atoms with E-state index < -0.39 is 0 Å². The highest BCUT2D eigenvalue weighted by atomic mass is 79.9. The number of aromatic nitrogens is 1. The largest absolute Gasteiger partial charge is 0.451 e. The SMILES string of the molecule is Cc1ccc2cccc(NCc3cc(Br)c(Br)o3)c2n1. The van der Waals surface area contributed by atoms with E-state index in [1.165, 1.54) is 0 Å². The number of fused-ring (bicyclic) bond motifs is 1. The smallest absolute Gasteiger partial charge is 0.183 e. The molecule has 0 spiro atoms. The van der Waals surface area contributed by atoms with Crippen molar-refractivity contribution in [2.45, 2.75) is 13.5 Å². The fourth-order valence-corrected chi connectivity index (χ4v) is 2.71. The maximum Gasteiger partial charge on any atom is 0.183 e. The minimum absolute atomic E-state index is 0.610. The van der Waals surface area contributed by atoms with Gasteiger partial charge in [0.05, 0.1) is 22.2 Å². The maximum atomic E-state index is 5.56. The topological polar surface area (TPSA) is 38.1 Å². The molecule has 102 valence electrons. The number of nitrogens with zero attached hydrogens (tertiary/aromatic N) is 1. The lowest BCUT2D eigenvalue weighted by molar-refractivity contribution is 0.494. The predicted molar refractivity (Wildman–Crippen MR) is 87.9 cm³/mol. The van der Waals surface area contributed by atoms with Gasteiger partial charge in [-0.05, 0) is 57.0 Å². The van der Waals surface area contributed by atoms with Crippen LogP contribution in [0.25, 0.3) is 10.9 Å². The molecule has 0 saturated carbocycles. The van der Waals surface area contributed by atoms with Gasteiger partial charge in [0.15, 0.2) is 4.67 Å². The summed E-state index contributed by atoms with van der Waals surface area (Å²) in [6.07, 6.45) is 0. The third-order valence-electron chi connectivity index (χ3n) is 3.01. The average molecular weight is 396 g/mol. The zero-order valence-corrected chi connectivity index (χ0v) is 14.0. The summed E-state index contributed by atoms with van der Waals surface area (Å²) in [5, 5.41) is 4.50. The molecular formula is C15H12Br2N2O. The van der Waals surface area contributed by atoms with Crippen molar-refractivity contribution in [3.05, 3.63) is 57.0 Å². The van der Waals surface area contributed by atoms with Gasteiger partial charge in [-0.2, -0.15) is 0 Å². The van der Waals surface area contributed by atoms with Gasteiger partial charge in [0, 0.05) is 11.1 Å². The minimum atomic E-state index is 0.610. The number of nitrogens with one attached hydrogen (secondary N) is 1. The van der Waals surface area contributed by atoms with Crippen LogP contribution in [0.2, 0.25) is 0 Å². The number of para-hydroxylation sites is 1. The molecule has 3 nitrogen and oxygen atoms in total. The molecule has 0 saturated heterocycles. The van der Waals surface area contributed by atoms with Gasteiger partial charge in [0.25, 0.3) is 0 Å². The summed E-state index contributed by atoms with van der Waals surface area (Å²) in [5.74, 6) is 0.855. The van der Waals surface area contributed by atoms with E-state index in [9.17, 15) is 0 Å². The van der Waals surface area contributed by atoms with Gasteiger partial charge in [0.1, 0.15) is 5.76 Å². The van der Waals surface area contributed by atoms with Crippen LogP contribution in [0.15, 0.2) is 50.0 Å². The maximum absolute atomic E-state index is 5.56. The summed E-state index contributed by atoms with van der Waals surface area (Å²) >= 11 is 6.75. The normalized spacial score (nSPS) is 10.9. The summed E-state index contributed by atoms with van der Waals surface area (Å²) in [4.78, 5) is 4.60. The lowest BCUT2D eigenvalue weighted by Crippen LogP contribution is -1.99. The Labute approximate surface area is 133 Å². The van der Waals surface area contributed by atoms with E-state index in [-0.39, 0.29) is 0 Å². The standard InChI is InChI=1S/C15H12Br2N2O/c1-9-5-6-10-3-2-4-13(14(10)19-9)18-8-11-7-12(16)15(17)20-11/h2-7,18H,8H2,1H3. The summed E-state index contributed by atoms with van der Waals surface area (Å²) in [7, 11) is 0. The molecule has 0 aliphatic carbocycles. The molecule has 3 aromatic rings. The molecular weight excluding hydrogens is 384 g/mol. The molecule has 1 N–H and O–H groups in total. The van der Waals surface area contributed by atoms with Crippen molar-refractivity contribution in [2.75, 3.05) is 5.32 Å². The summed E-state index contributed by atoms with van der Waals surface area (Å²) in [6.45, 7) is 2.61. The molecule has 0 radical (unpaired) electrons. The first-order chi connectivity index (χ1) is 9.63. The Bertz CT molecular complexity index is 748. The first-order valence-corrected chi connectivity index (χ1v) is 7.76. The van der Waals surface area contributed by atoms with Crippen molar-refractivity contribution >= 4 is 48.5 Å². The Kier molecular flexibility index (Phi) is 3.81. The van der Waals surface area contributed by atoms with E-state index in [4.69, 9.17) is 4.42 Å². The van der Waals surface area contributed by atoms with E-state index >= 15 is 0 Å². The molecule has 1 aromatic carbocycles. The Hall–Kier alpha value is -1.33.